The van der Waals surface area contributed by atoms with Gasteiger partial charge in [0.05, 0.1) is 0 Å². The predicted octanol–water partition coefficient (Wildman–Crippen LogP) is 3.45. The minimum absolute atomic E-state index is 0.0243. The lowest BCUT2D eigenvalue weighted by atomic mass is 9.98. The third kappa shape index (κ3) is 3.83. The maximum absolute atomic E-state index is 11.8. The first-order chi connectivity index (χ1) is 9.56. The Hall–Kier alpha value is -1.84. The zero-order valence-electron chi connectivity index (χ0n) is 12.1. The van der Waals surface area contributed by atoms with Gasteiger partial charge >= 0.3 is 6.03 Å². The normalized spacial score (nSPS) is 21.5. The number of urea groups is 1. The van der Waals surface area contributed by atoms with E-state index in [2.05, 4.69) is 17.6 Å². The Morgan fingerprint density at radius 1 is 1.20 bits per heavy atom. The zero-order chi connectivity index (χ0) is 14.5. The third-order valence-electron chi connectivity index (χ3n) is 4.11. The Morgan fingerprint density at radius 2 is 1.90 bits per heavy atom. The van der Waals surface area contributed by atoms with E-state index in [0.717, 1.165) is 6.54 Å². The Balaban J connectivity index is 1.80. The fraction of sp³-hybridized carbons (Fsp3) is 0.500. The molecule has 0 bridgehead atoms. The van der Waals surface area contributed by atoms with Gasteiger partial charge < -0.3 is 10.6 Å². The second-order valence-electron chi connectivity index (χ2n) is 5.64. The van der Waals surface area contributed by atoms with E-state index >= 15 is 0 Å². The van der Waals surface area contributed by atoms with Gasteiger partial charge in [0.1, 0.15) is 0 Å². The van der Waals surface area contributed by atoms with Gasteiger partial charge in [-0.25, -0.2) is 4.79 Å². The van der Waals surface area contributed by atoms with E-state index in [1.165, 1.54) is 26.2 Å². The van der Waals surface area contributed by atoms with Gasteiger partial charge in [0.15, 0.2) is 5.78 Å². The summed E-state index contributed by atoms with van der Waals surface area (Å²) in [7, 11) is 0. The summed E-state index contributed by atoms with van der Waals surface area (Å²) >= 11 is 0. The van der Waals surface area contributed by atoms with Crippen LogP contribution in [-0.4, -0.2) is 18.4 Å². The van der Waals surface area contributed by atoms with Crippen molar-refractivity contribution in [1.82, 2.24) is 5.32 Å². The molecule has 0 aromatic heterocycles. The molecule has 0 spiro atoms. The van der Waals surface area contributed by atoms with Gasteiger partial charge in [-0.1, -0.05) is 19.8 Å². The summed E-state index contributed by atoms with van der Waals surface area (Å²) in [6.07, 6.45) is 3.73. The van der Waals surface area contributed by atoms with Crippen LogP contribution in [0.1, 0.15) is 43.5 Å². The van der Waals surface area contributed by atoms with Gasteiger partial charge in [0, 0.05) is 17.8 Å². The number of ketones is 1. The molecule has 4 nitrogen and oxygen atoms in total. The van der Waals surface area contributed by atoms with Gasteiger partial charge in [-0.2, -0.15) is 0 Å². The molecule has 1 fully saturated rings. The van der Waals surface area contributed by atoms with Crippen molar-refractivity contribution >= 4 is 17.5 Å². The van der Waals surface area contributed by atoms with Crippen LogP contribution in [0.15, 0.2) is 24.3 Å². The van der Waals surface area contributed by atoms with Crippen molar-refractivity contribution in [1.29, 1.82) is 0 Å². The molecule has 0 saturated heterocycles. The van der Waals surface area contributed by atoms with E-state index < -0.39 is 0 Å². The van der Waals surface area contributed by atoms with E-state index in [9.17, 15) is 9.59 Å². The molecule has 1 aliphatic rings. The quantitative estimate of drug-likeness (QED) is 0.826. The lowest BCUT2D eigenvalue weighted by Crippen LogP contribution is -2.33. The van der Waals surface area contributed by atoms with Crippen LogP contribution < -0.4 is 10.6 Å². The molecule has 0 heterocycles. The molecular formula is C16H22N2O2. The highest BCUT2D eigenvalue weighted by Gasteiger charge is 2.23. The number of carbonyl (C=O) groups is 2. The minimum Gasteiger partial charge on any atom is -0.338 e. The van der Waals surface area contributed by atoms with Crippen LogP contribution >= 0.6 is 0 Å². The summed E-state index contributed by atoms with van der Waals surface area (Å²) in [5.41, 5.74) is 1.35. The Bertz CT molecular complexity index is 482. The van der Waals surface area contributed by atoms with Gasteiger partial charge in [-0.05, 0) is 49.4 Å². The average Bonchev–Trinajstić information content (AvgIpc) is 2.82. The number of benzene rings is 1. The molecule has 1 aromatic carbocycles. The van der Waals surface area contributed by atoms with Crippen molar-refractivity contribution in [2.75, 3.05) is 11.9 Å². The summed E-state index contributed by atoms with van der Waals surface area (Å²) in [6.45, 7) is 4.51. The average molecular weight is 274 g/mol. The molecule has 0 aliphatic heterocycles. The topological polar surface area (TPSA) is 58.2 Å². The number of carbonyl (C=O) groups excluding carboxylic acids is 2. The molecule has 2 rings (SSSR count). The molecule has 108 valence electrons. The third-order valence-corrected chi connectivity index (χ3v) is 4.11. The zero-order valence-corrected chi connectivity index (χ0v) is 12.1. The van der Waals surface area contributed by atoms with Crippen molar-refractivity contribution < 1.29 is 9.59 Å². The first-order valence-electron chi connectivity index (χ1n) is 7.22. The second-order valence-corrected chi connectivity index (χ2v) is 5.64. The monoisotopic (exact) mass is 274 g/mol. The molecule has 2 unspecified atom stereocenters. The van der Waals surface area contributed by atoms with Crippen LogP contribution in [0.3, 0.4) is 0 Å². The number of Topliss-reactive ketones (excluding diaryl/α,β-unsaturated/α-hetero) is 1. The van der Waals surface area contributed by atoms with Crippen molar-refractivity contribution in [3.8, 4) is 0 Å². The van der Waals surface area contributed by atoms with Crippen LogP contribution in [0, 0.1) is 11.8 Å². The number of anilines is 1. The highest BCUT2D eigenvalue weighted by Crippen LogP contribution is 2.30. The Morgan fingerprint density at radius 3 is 2.45 bits per heavy atom. The van der Waals surface area contributed by atoms with Crippen molar-refractivity contribution in [3.05, 3.63) is 29.8 Å². The van der Waals surface area contributed by atoms with E-state index in [1.807, 2.05) is 0 Å². The molecule has 2 amide bonds. The molecule has 1 aliphatic carbocycles. The molecule has 0 radical (unpaired) electrons. The van der Waals surface area contributed by atoms with Crippen LogP contribution in [-0.2, 0) is 0 Å². The van der Waals surface area contributed by atoms with Crippen LogP contribution in [0.25, 0.3) is 0 Å². The minimum atomic E-state index is -0.181. The smallest absolute Gasteiger partial charge is 0.319 e. The summed E-state index contributed by atoms with van der Waals surface area (Å²) in [5, 5.41) is 5.71. The number of rotatable bonds is 4. The first kappa shape index (κ1) is 14.6. The Kier molecular flexibility index (Phi) is 4.77. The highest BCUT2D eigenvalue weighted by atomic mass is 16.2. The first-order valence-corrected chi connectivity index (χ1v) is 7.22. The molecule has 4 heteroatoms. The van der Waals surface area contributed by atoms with Gasteiger partial charge in [0.2, 0.25) is 0 Å². The van der Waals surface area contributed by atoms with Crippen molar-refractivity contribution in [3.63, 3.8) is 0 Å². The fourth-order valence-corrected chi connectivity index (χ4v) is 2.71. The standard InChI is InChI=1S/C16H22N2O2/c1-11-4-3-5-14(11)10-17-16(20)18-15-8-6-13(7-9-15)12(2)19/h6-9,11,14H,3-5,10H2,1-2H3,(H2,17,18,20). The SMILES string of the molecule is CC(=O)c1ccc(NC(=O)NCC2CCCC2C)cc1. The molecular weight excluding hydrogens is 252 g/mol. The summed E-state index contributed by atoms with van der Waals surface area (Å²) in [6, 6.07) is 6.75. The summed E-state index contributed by atoms with van der Waals surface area (Å²) in [5.74, 6) is 1.32. The molecule has 1 saturated carbocycles. The summed E-state index contributed by atoms with van der Waals surface area (Å²) < 4.78 is 0. The largest absolute Gasteiger partial charge is 0.338 e. The maximum atomic E-state index is 11.8. The number of nitrogens with one attached hydrogen (secondary N) is 2. The number of hydrogen-bond acceptors (Lipinski definition) is 2. The van der Waals surface area contributed by atoms with E-state index in [0.29, 0.717) is 23.1 Å². The predicted molar refractivity (Wildman–Crippen MR) is 80.0 cm³/mol. The number of amides is 2. The van der Waals surface area contributed by atoms with E-state index in [1.54, 1.807) is 24.3 Å². The maximum Gasteiger partial charge on any atom is 0.319 e. The van der Waals surface area contributed by atoms with Crippen LogP contribution in [0.2, 0.25) is 0 Å². The van der Waals surface area contributed by atoms with Crippen LogP contribution in [0.5, 0.6) is 0 Å². The molecule has 20 heavy (non-hydrogen) atoms. The highest BCUT2D eigenvalue weighted by molar-refractivity contribution is 5.95. The fourth-order valence-electron chi connectivity index (χ4n) is 2.71. The summed E-state index contributed by atoms with van der Waals surface area (Å²) in [4.78, 5) is 23.0. The lowest BCUT2D eigenvalue weighted by Gasteiger charge is -2.16. The van der Waals surface area contributed by atoms with Crippen molar-refractivity contribution in [2.24, 2.45) is 11.8 Å². The molecule has 2 N–H and O–H groups in total. The second kappa shape index (κ2) is 6.55. The van der Waals surface area contributed by atoms with Crippen LogP contribution in [0.4, 0.5) is 10.5 Å². The van der Waals surface area contributed by atoms with Crippen molar-refractivity contribution in [2.45, 2.75) is 33.1 Å². The molecule has 1 aromatic rings. The van der Waals surface area contributed by atoms with Gasteiger partial charge in [0.25, 0.3) is 0 Å². The Labute approximate surface area is 119 Å². The van der Waals surface area contributed by atoms with E-state index in [4.69, 9.17) is 0 Å². The van der Waals surface area contributed by atoms with Gasteiger partial charge in [-0.3, -0.25) is 4.79 Å². The van der Waals surface area contributed by atoms with Gasteiger partial charge in [-0.15, -0.1) is 0 Å². The number of hydrogen-bond donors (Lipinski definition) is 2. The van der Waals surface area contributed by atoms with E-state index in [-0.39, 0.29) is 11.8 Å². The lowest BCUT2D eigenvalue weighted by molar-refractivity contribution is 0.101. The molecule has 2 atom stereocenters.